The molecule has 0 saturated heterocycles. The standard InChI is InChI=1S/C17H20N2O4S/c1-13(2)12-15(14-8-4-3-5-9-14)18-24(22,23)17-11-7-6-10-16(17)19(20)21/h3-11,13,15,18H,12H2,1-2H3/t15-/m1/s1. The van der Waals surface area contributed by atoms with Crippen LogP contribution in [0.1, 0.15) is 31.9 Å². The first-order chi connectivity index (χ1) is 11.3. The minimum Gasteiger partial charge on any atom is -0.258 e. The Labute approximate surface area is 141 Å². The van der Waals surface area contributed by atoms with Crippen LogP contribution >= 0.6 is 0 Å². The summed E-state index contributed by atoms with van der Waals surface area (Å²) < 4.78 is 28.0. The lowest BCUT2D eigenvalue weighted by Gasteiger charge is -2.21. The Morgan fingerprint density at radius 1 is 1.04 bits per heavy atom. The Bertz CT molecular complexity index is 804. The molecule has 0 amide bonds. The molecular weight excluding hydrogens is 328 g/mol. The lowest BCUT2D eigenvalue weighted by molar-refractivity contribution is -0.387. The van der Waals surface area contributed by atoms with E-state index in [1.54, 1.807) is 0 Å². The normalized spacial score (nSPS) is 13.0. The molecule has 0 bridgehead atoms. The van der Waals surface area contributed by atoms with E-state index in [1.807, 2.05) is 44.2 Å². The van der Waals surface area contributed by atoms with E-state index in [1.165, 1.54) is 24.3 Å². The predicted molar refractivity (Wildman–Crippen MR) is 92.1 cm³/mol. The highest BCUT2D eigenvalue weighted by Crippen LogP contribution is 2.27. The molecule has 0 heterocycles. The average Bonchev–Trinajstić information content (AvgIpc) is 2.54. The quantitative estimate of drug-likeness (QED) is 0.611. The third kappa shape index (κ3) is 4.39. The first kappa shape index (κ1) is 18.1. The fourth-order valence-electron chi connectivity index (χ4n) is 2.49. The molecule has 128 valence electrons. The van der Waals surface area contributed by atoms with Gasteiger partial charge >= 0.3 is 0 Å². The van der Waals surface area contributed by atoms with Gasteiger partial charge in [0, 0.05) is 12.1 Å². The van der Waals surface area contributed by atoms with Crippen molar-refractivity contribution in [3.8, 4) is 0 Å². The lowest BCUT2D eigenvalue weighted by atomic mass is 9.98. The number of nitrogens with zero attached hydrogens (tertiary/aromatic N) is 1. The van der Waals surface area contributed by atoms with Gasteiger partial charge in [-0.15, -0.1) is 0 Å². The fourth-order valence-corrected chi connectivity index (χ4v) is 3.90. The topological polar surface area (TPSA) is 89.3 Å². The molecule has 1 atom stereocenters. The number of nitro groups is 1. The van der Waals surface area contributed by atoms with Gasteiger partial charge in [-0.2, -0.15) is 0 Å². The zero-order chi connectivity index (χ0) is 17.7. The number of para-hydroxylation sites is 1. The van der Waals surface area contributed by atoms with Crippen molar-refractivity contribution < 1.29 is 13.3 Å². The summed E-state index contributed by atoms with van der Waals surface area (Å²) in [6.45, 7) is 3.99. The van der Waals surface area contributed by atoms with E-state index in [-0.39, 0.29) is 10.8 Å². The molecule has 0 aromatic heterocycles. The average molecular weight is 348 g/mol. The smallest absolute Gasteiger partial charge is 0.258 e. The monoisotopic (exact) mass is 348 g/mol. The van der Waals surface area contributed by atoms with Crippen molar-refractivity contribution in [1.29, 1.82) is 0 Å². The molecule has 0 aliphatic carbocycles. The molecule has 0 spiro atoms. The van der Waals surface area contributed by atoms with E-state index in [0.717, 1.165) is 5.56 Å². The Hall–Kier alpha value is -2.25. The van der Waals surface area contributed by atoms with Crippen LogP contribution in [-0.4, -0.2) is 13.3 Å². The molecular formula is C17H20N2O4S. The van der Waals surface area contributed by atoms with Gasteiger partial charge in [0.15, 0.2) is 4.90 Å². The van der Waals surface area contributed by atoms with Crippen LogP contribution < -0.4 is 4.72 Å². The van der Waals surface area contributed by atoms with Gasteiger partial charge in [0.1, 0.15) is 0 Å². The third-order valence-electron chi connectivity index (χ3n) is 3.56. The Morgan fingerprint density at radius 2 is 1.62 bits per heavy atom. The van der Waals surface area contributed by atoms with Gasteiger partial charge in [-0.05, 0) is 24.0 Å². The van der Waals surface area contributed by atoms with Crippen LogP contribution in [0.25, 0.3) is 0 Å². The molecule has 2 aromatic rings. The number of benzene rings is 2. The zero-order valence-corrected chi connectivity index (χ0v) is 14.4. The lowest BCUT2D eigenvalue weighted by Crippen LogP contribution is -2.30. The second-order valence-electron chi connectivity index (χ2n) is 5.94. The Morgan fingerprint density at radius 3 is 2.21 bits per heavy atom. The summed E-state index contributed by atoms with van der Waals surface area (Å²) in [5.74, 6) is 0.253. The molecule has 2 aromatic carbocycles. The van der Waals surface area contributed by atoms with E-state index in [0.29, 0.717) is 6.42 Å². The zero-order valence-electron chi connectivity index (χ0n) is 13.5. The van der Waals surface area contributed by atoms with Crippen molar-refractivity contribution >= 4 is 15.7 Å². The van der Waals surface area contributed by atoms with Crippen LogP contribution in [0, 0.1) is 16.0 Å². The molecule has 2 rings (SSSR count). The summed E-state index contributed by atoms with van der Waals surface area (Å²) in [6.07, 6.45) is 0.587. The summed E-state index contributed by atoms with van der Waals surface area (Å²) in [5, 5.41) is 11.1. The molecule has 0 unspecified atom stereocenters. The number of nitrogens with one attached hydrogen (secondary N) is 1. The molecule has 0 aliphatic heterocycles. The molecule has 6 nitrogen and oxygen atoms in total. The molecule has 0 fully saturated rings. The number of nitro benzene ring substituents is 1. The maximum atomic E-state index is 12.7. The summed E-state index contributed by atoms with van der Waals surface area (Å²) in [6, 6.07) is 14.1. The molecule has 7 heteroatoms. The van der Waals surface area contributed by atoms with E-state index in [2.05, 4.69) is 4.72 Å². The second kappa shape index (κ2) is 7.55. The van der Waals surface area contributed by atoms with Gasteiger partial charge in [-0.25, -0.2) is 13.1 Å². The maximum absolute atomic E-state index is 12.7. The van der Waals surface area contributed by atoms with Crippen LogP contribution in [0.2, 0.25) is 0 Å². The molecule has 24 heavy (non-hydrogen) atoms. The number of sulfonamides is 1. The van der Waals surface area contributed by atoms with Crippen LogP contribution in [0.4, 0.5) is 5.69 Å². The first-order valence-electron chi connectivity index (χ1n) is 7.62. The van der Waals surface area contributed by atoms with Gasteiger partial charge < -0.3 is 0 Å². The highest BCUT2D eigenvalue weighted by Gasteiger charge is 2.28. The fraction of sp³-hybridized carbons (Fsp3) is 0.294. The van der Waals surface area contributed by atoms with E-state index >= 15 is 0 Å². The van der Waals surface area contributed by atoms with Gasteiger partial charge in [0.25, 0.3) is 5.69 Å². The van der Waals surface area contributed by atoms with Crippen LogP contribution in [0.3, 0.4) is 0 Å². The minimum absolute atomic E-state index is 0.253. The van der Waals surface area contributed by atoms with Crippen molar-refractivity contribution in [3.63, 3.8) is 0 Å². The van der Waals surface area contributed by atoms with Crippen LogP contribution in [0.15, 0.2) is 59.5 Å². The van der Waals surface area contributed by atoms with Gasteiger partial charge in [0.2, 0.25) is 10.0 Å². The molecule has 1 N–H and O–H groups in total. The number of hydrogen-bond donors (Lipinski definition) is 1. The van der Waals surface area contributed by atoms with Crippen molar-refractivity contribution in [3.05, 3.63) is 70.3 Å². The van der Waals surface area contributed by atoms with Crippen molar-refractivity contribution in [1.82, 2.24) is 4.72 Å². The Balaban J connectivity index is 2.40. The molecule has 0 radical (unpaired) electrons. The first-order valence-corrected chi connectivity index (χ1v) is 9.10. The third-order valence-corrected chi connectivity index (χ3v) is 5.08. The van der Waals surface area contributed by atoms with Crippen molar-refractivity contribution in [2.75, 3.05) is 0 Å². The summed E-state index contributed by atoms with van der Waals surface area (Å²) in [7, 11) is -4.02. The Kier molecular flexibility index (Phi) is 5.69. The van der Waals surface area contributed by atoms with Crippen LogP contribution in [0.5, 0.6) is 0 Å². The van der Waals surface area contributed by atoms with Gasteiger partial charge in [0.05, 0.1) is 4.92 Å². The van der Waals surface area contributed by atoms with E-state index in [9.17, 15) is 18.5 Å². The summed E-state index contributed by atoms with van der Waals surface area (Å²) in [4.78, 5) is 10.1. The maximum Gasteiger partial charge on any atom is 0.289 e. The van der Waals surface area contributed by atoms with Crippen molar-refractivity contribution in [2.24, 2.45) is 5.92 Å². The van der Waals surface area contributed by atoms with E-state index in [4.69, 9.17) is 0 Å². The highest BCUT2D eigenvalue weighted by atomic mass is 32.2. The van der Waals surface area contributed by atoms with Crippen molar-refractivity contribution in [2.45, 2.75) is 31.2 Å². The van der Waals surface area contributed by atoms with E-state index < -0.39 is 26.7 Å². The molecule has 0 aliphatic rings. The number of hydrogen-bond acceptors (Lipinski definition) is 4. The van der Waals surface area contributed by atoms with Gasteiger partial charge in [-0.3, -0.25) is 10.1 Å². The predicted octanol–water partition coefficient (Wildman–Crippen LogP) is 3.66. The number of rotatable bonds is 7. The summed E-state index contributed by atoms with van der Waals surface area (Å²) >= 11 is 0. The second-order valence-corrected chi connectivity index (χ2v) is 7.62. The molecule has 0 saturated carbocycles. The highest BCUT2D eigenvalue weighted by molar-refractivity contribution is 7.89. The SMILES string of the molecule is CC(C)C[C@@H](NS(=O)(=O)c1ccccc1[N+](=O)[O-])c1ccccc1. The minimum atomic E-state index is -4.02. The van der Waals surface area contributed by atoms with Crippen LogP contribution in [-0.2, 0) is 10.0 Å². The van der Waals surface area contributed by atoms with Gasteiger partial charge in [-0.1, -0.05) is 56.3 Å². The summed E-state index contributed by atoms with van der Waals surface area (Å²) in [5.41, 5.74) is 0.398. The largest absolute Gasteiger partial charge is 0.289 e.